The maximum Gasteiger partial charge on any atom is -0.00174 e. The van der Waals surface area contributed by atoms with E-state index in [0.29, 0.717) is 0 Å². The number of nitrogens with one attached hydrogen (secondary N) is 1. The average Bonchev–Trinajstić information content (AvgIpc) is 2.34. The highest BCUT2D eigenvalue weighted by molar-refractivity contribution is 4.90. The number of rotatable bonds is 9. The molecule has 0 aliphatic heterocycles. The van der Waals surface area contributed by atoms with Crippen molar-refractivity contribution in [2.75, 3.05) is 13.1 Å². The predicted octanol–water partition coefficient (Wildman–Crippen LogP) is 4.29. The molecule has 0 amide bonds. The molecule has 0 radical (unpaired) electrons. The first-order valence-electron chi connectivity index (χ1n) is 7.29. The molecular weight excluding hydrogens is 194 g/mol. The van der Waals surface area contributed by atoms with Crippen LogP contribution < -0.4 is 5.32 Å². The molecule has 0 fully saturated rings. The van der Waals surface area contributed by atoms with E-state index in [9.17, 15) is 0 Å². The van der Waals surface area contributed by atoms with Gasteiger partial charge < -0.3 is 5.32 Å². The van der Waals surface area contributed by atoms with Gasteiger partial charge in [0, 0.05) is 0 Å². The van der Waals surface area contributed by atoms with Crippen molar-refractivity contribution in [3.05, 3.63) is 12.2 Å². The van der Waals surface area contributed by atoms with E-state index in [-0.39, 0.29) is 0 Å². The van der Waals surface area contributed by atoms with Crippen LogP contribution in [0.4, 0.5) is 0 Å². The highest BCUT2D eigenvalue weighted by atomic mass is 14.8. The maximum atomic E-state index is 3.61. The summed E-state index contributed by atoms with van der Waals surface area (Å²) in [5, 5.41) is 3.61. The summed E-state index contributed by atoms with van der Waals surface area (Å²) in [5.74, 6) is 0.907. The molecule has 0 spiro atoms. The highest BCUT2D eigenvalue weighted by Gasteiger charge is 2.08. The zero-order chi connectivity index (χ0) is 11.5. The van der Waals surface area contributed by atoms with Gasteiger partial charge in [0.2, 0.25) is 0 Å². The van der Waals surface area contributed by atoms with Crippen molar-refractivity contribution in [2.24, 2.45) is 5.92 Å². The lowest BCUT2D eigenvalue weighted by atomic mass is 9.94. The molecule has 0 aromatic carbocycles. The van der Waals surface area contributed by atoms with Crippen molar-refractivity contribution in [1.82, 2.24) is 5.32 Å². The van der Waals surface area contributed by atoms with Crippen molar-refractivity contribution >= 4 is 0 Å². The Morgan fingerprint density at radius 2 is 1.88 bits per heavy atom. The average molecular weight is 223 g/mol. The molecule has 1 heteroatoms. The number of hydrogen-bond acceptors (Lipinski definition) is 1. The van der Waals surface area contributed by atoms with E-state index in [1.807, 2.05) is 0 Å². The summed E-state index contributed by atoms with van der Waals surface area (Å²) in [4.78, 5) is 0. The quantitative estimate of drug-likeness (QED) is 0.454. The third-order valence-electron chi connectivity index (χ3n) is 3.52. The Hall–Kier alpha value is -0.300. The lowest BCUT2D eigenvalue weighted by Gasteiger charge is -2.18. The fourth-order valence-corrected chi connectivity index (χ4v) is 2.38. The lowest BCUT2D eigenvalue weighted by molar-refractivity contribution is 0.435. The first-order chi connectivity index (χ1) is 7.93. The van der Waals surface area contributed by atoms with Gasteiger partial charge in [0.25, 0.3) is 0 Å². The Morgan fingerprint density at radius 3 is 2.62 bits per heavy atom. The van der Waals surface area contributed by atoms with Gasteiger partial charge in [-0.3, -0.25) is 0 Å². The Labute approximate surface area is 102 Å². The van der Waals surface area contributed by atoms with Crippen molar-refractivity contribution < 1.29 is 0 Å². The topological polar surface area (TPSA) is 12.0 Å². The zero-order valence-corrected chi connectivity index (χ0v) is 11.0. The van der Waals surface area contributed by atoms with Crippen LogP contribution in [0.2, 0.25) is 0 Å². The molecule has 1 nitrogen and oxygen atoms in total. The fraction of sp³-hybridized carbons (Fsp3) is 0.867. The van der Waals surface area contributed by atoms with E-state index in [1.165, 1.54) is 70.9 Å². The maximum absolute atomic E-state index is 3.61. The summed E-state index contributed by atoms with van der Waals surface area (Å²) in [7, 11) is 0. The van der Waals surface area contributed by atoms with Gasteiger partial charge >= 0.3 is 0 Å². The molecule has 0 bridgehead atoms. The van der Waals surface area contributed by atoms with Gasteiger partial charge in [0.15, 0.2) is 0 Å². The molecular formula is C15H29N. The first kappa shape index (κ1) is 13.8. The molecule has 94 valence electrons. The minimum atomic E-state index is 0.907. The standard InChI is InChI=1S/C15H29N/c1-2-3-4-5-6-10-13-16-14-15-11-8-7-9-12-15/h7-8,15-16H,2-6,9-14H2,1H3. The van der Waals surface area contributed by atoms with Gasteiger partial charge in [0.05, 0.1) is 0 Å². The van der Waals surface area contributed by atoms with Crippen LogP contribution in [0.25, 0.3) is 0 Å². The largest absolute Gasteiger partial charge is 0.316 e. The van der Waals surface area contributed by atoms with Gasteiger partial charge in [-0.1, -0.05) is 51.2 Å². The zero-order valence-electron chi connectivity index (χ0n) is 11.0. The SMILES string of the molecule is CCCCCCCCNCC1CC=CCC1. The van der Waals surface area contributed by atoms with E-state index < -0.39 is 0 Å². The molecule has 1 atom stereocenters. The molecule has 1 aliphatic rings. The van der Waals surface area contributed by atoms with Gasteiger partial charge in [0.1, 0.15) is 0 Å². The number of unbranched alkanes of at least 4 members (excludes halogenated alkanes) is 5. The van der Waals surface area contributed by atoms with Crippen LogP contribution in [0.15, 0.2) is 12.2 Å². The molecule has 0 saturated heterocycles. The Morgan fingerprint density at radius 1 is 1.06 bits per heavy atom. The molecule has 1 aliphatic carbocycles. The molecule has 0 saturated carbocycles. The summed E-state index contributed by atoms with van der Waals surface area (Å²) in [5.41, 5.74) is 0. The van der Waals surface area contributed by atoms with E-state index >= 15 is 0 Å². The molecule has 16 heavy (non-hydrogen) atoms. The van der Waals surface area contributed by atoms with Gasteiger partial charge in [-0.05, 0) is 44.7 Å². The minimum Gasteiger partial charge on any atom is -0.316 e. The number of allylic oxidation sites excluding steroid dienone is 2. The Bertz CT molecular complexity index is 174. The Kier molecular flexibility index (Phi) is 8.51. The second-order valence-electron chi connectivity index (χ2n) is 5.12. The second-order valence-corrected chi connectivity index (χ2v) is 5.12. The second kappa shape index (κ2) is 9.89. The van der Waals surface area contributed by atoms with E-state index in [4.69, 9.17) is 0 Å². The predicted molar refractivity (Wildman–Crippen MR) is 72.7 cm³/mol. The van der Waals surface area contributed by atoms with E-state index in [1.54, 1.807) is 0 Å². The summed E-state index contributed by atoms with van der Waals surface area (Å²) >= 11 is 0. The monoisotopic (exact) mass is 223 g/mol. The minimum absolute atomic E-state index is 0.907. The molecule has 1 rings (SSSR count). The van der Waals surface area contributed by atoms with Gasteiger partial charge in [-0.25, -0.2) is 0 Å². The molecule has 0 aromatic heterocycles. The Balaban J connectivity index is 1.79. The molecule has 0 heterocycles. The van der Waals surface area contributed by atoms with E-state index in [0.717, 1.165) is 5.92 Å². The van der Waals surface area contributed by atoms with Crippen LogP contribution in [-0.2, 0) is 0 Å². The molecule has 0 aromatic rings. The lowest BCUT2D eigenvalue weighted by Crippen LogP contribution is -2.24. The van der Waals surface area contributed by atoms with E-state index in [2.05, 4.69) is 24.4 Å². The summed E-state index contributed by atoms with van der Waals surface area (Å²) in [6.45, 7) is 4.74. The summed E-state index contributed by atoms with van der Waals surface area (Å²) in [6.07, 6.45) is 17.1. The fourth-order valence-electron chi connectivity index (χ4n) is 2.38. The first-order valence-corrected chi connectivity index (χ1v) is 7.29. The van der Waals surface area contributed by atoms with Crippen LogP contribution >= 0.6 is 0 Å². The van der Waals surface area contributed by atoms with Gasteiger partial charge in [-0.2, -0.15) is 0 Å². The third kappa shape index (κ3) is 7.05. The smallest absolute Gasteiger partial charge is 0.00174 e. The van der Waals surface area contributed by atoms with Gasteiger partial charge in [-0.15, -0.1) is 0 Å². The van der Waals surface area contributed by atoms with Crippen molar-refractivity contribution in [1.29, 1.82) is 0 Å². The molecule has 1 N–H and O–H groups in total. The molecule has 1 unspecified atom stereocenters. The summed E-state index contributed by atoms with van der Waals surface area (Å²) in [6, 6.07) is 0. The third-order valence-corrected chi connectivity index (χ3v) is 3.52. The van der Waals surface area contributed by atoms with Crippen molar-refractivity contribution in [2.45, 2.75) is 64.7 Å². The van der Waals surface area contributed by atoms with Crippen LogP contribution in [0.5, 0.6) is 0 Å². The number of hydrogen-bond donors (Lipinski definition) is 1. The van der Waals surface area contributed by atoms with Crippen LogP contribution in [0.1, 0.15) is 64.7 Å². The van der Waals surface area contributed by atoms with Crippen LogP contribution in [-0.4, -0.2) is 13.1 Å². The van der Waals surface area contributed by atoms with Crippen LogP contribution in [0, 0.1) is 5.92 Å². The van der Waals surface area contributed by atoms with Crippen LogP contribution in [0.3, 0.4) is 0 Å². The van der Waals surface area contributed by atoms with Crippen molar-refractivity contribution in [3.8, 4) is 0 Å². The normalized spacial score (nSPS) is 20.2. The highest BCUT2D eigenvalue weighted by Crippen LogP contribution is 2.16. The summed E-state index contributed by atoms with van der Waals surface area (Å²) < 4.78 is 0. The van der Waals surface area contributed by atoms with Crippen molar-refractivity contribution in [3.63, 3.8) is 0 Å².